The lowest BCUT2D eigenvalue weighted by molar-refractivity contribution is 0.306. The van der Waals surface area contributed by atoms with Gasteiger partial charge < -0.3 is 5.32 Å². The molecule has 1 N–H and O–H groups in total. The van der Waals surface area contributed by atoms with Gasteiger partial charge in [0.1, 0.15) is 10.7 Å². The van der Waals surface area contributed by atoms with Crippen molar-refractivity contribution in [1.82, 2.24) is 10.3 Å². The first-order valence-corrected chi connectivity index (χ1v) is 6.07. The summed E-state index contributed by atoms with van der Waals surface area (Å²) in [6.07, 6.45) is 5.20. The van der Waals surface area contributed by atoms with Crippen molar-refractivity contribution in [3.05, 3.63) is 34.1 Å². The lowest BCUT2D eigenvalue weighted by Gasteiger charge is -2.31. The van der Waals surface area contributed by atoms with E-state index in [9.17, 15) is 0 Å². The number of pyridine rings is 1. The highest BCUT2D eigenvalue weighted by atomic mass is 79.9. The molecule has 3 rings (SSSR count). The molecule has 0 aromatic carbocycles. The second kappa shape index (κ2) is 3.69. The molecule has 1 aromatic rings. The maximum absolute atomic E-state index is 8.95. The monoisotopic (exact) mass is 275 g/mol. The summed E-state index contributed by atoms with van der Waals surface area (Å²) in [5.74, 6) is 0.684. The fourth-order valence-electron chi connectivity index (χ4n) is 2.30. The molecule has 1 aromatic heterocycles. The molecule has 80 valence electrons. The predicted octanol–water partition coefficient (Wildman–Crippen LogP) is 2.09. The second-order valence-electron chi connectivity index (χ2n) is 4.25. The minimum absolute atomic E-state index is 0.602. The van der Waals surface area contributed by atoms with Crippen molar-refractivity contribution in [3.63, 3.8) is 0 Å². The molecule has 0 saturated carbocycles. The van der Waals surface area contributed by atoms with E-state index in [0.29, 0.717) is 22.1 Å². The molecule has 0 radical (unpaired) electrons. The summed E-state index contributed by atoms with van der Waals surface area (Å²) in [7, 11) is 0. The summed E-state index contributed by atoms with van der Waals surface area (Å²) in [6.45, 7) is 1.09. The van der Waals surface area contributed by atoms with E-state index in [4.69, 9.17) is 5.26 Å². The molecule has 2 heterocycles. The zero-order valence-electron chi connectivity index (χ0n) is 8.57. The Labute approximate surface area is 102 Å². The molecule has 0 amide bonds. The first-order chi connectivity index (χ1) is 7.78. The van der Waals surface area contributed by atoms with E-state index in [2.05, 4.69) is 38.4 Å². The minimum atomic E-state index is 0.602. The van der Waals surface area contributed by atoms with E-state index in [1.807, 2.05) is 12.3 Å². The van der Waals surface area contributed by atoms with Crippen LogP contribution in [0, 0.1) is 17.2 Å². The van der Waals surface area contributed by atoms with Crippen molar-refractivity contribution in [1.29, 1.82) is 5.26 Å². The zero-order valence-corrected chi connectivity index (χ0v) is 10.2. The number of hydrogen-bond donors (Lipinski definition) is 1. The molecule has 1 saturated heterocycles. The average Bonchev–Trinajstić information content (AvgIpc) is 2.56. The number of aromatic nitrogens is 1. The standard InChI is InChI=1S/C12H10BrN3/c13-12-8(4-14)2-9(5-16-12)7-1-10-6-15-11(10)3-7/h1-2,5,10-11,15H,3,6H2. The maximum atomic E-state index is 8.95. The van der Waals surface area contributed by atoms with Gasteiger partial charge in [-0.3, -0.25) is 0 Å². The molecule has 16 heavy (non-hydrogen) atoms. The normalized spacial score (nSPS) is 26.6. The first-order valence-electron chi connectivity index (χ1n) is 5.28. The topological polar surface area (TPSA) is 48.7 Å². The van der Waals surface area contributed by atoms with Crippen molar-refractivity contribution in [2.45, 2.75) is 12.5 Å². The summed E-state index contributed by atoms with van der Waals surface area (Å²) < 4.78 is 0.624. The van der Waals surface area contributed by atoms with Crippen LogP contribution in [0.2, 0.25) is 0 Å². The predicted molar refractivity (Wildman–Crippen MR) is 64.5 cm³/mol. The molecule has 2 unspecified atom stereocenters. The SMILES string of the molecule is N#Cc1cc(C2=CC3CNC3C2)cnc1Br. The Morgan fingerprint density at radius 1 is 1.56 bits per heavy atom. The Bertz CT molecular complexity index is 515. The third-order valence-corrected chi connectivity index (χ3v) is 3.95. The molecule has 2 atom stereocenters. The molecule has 0 bridgehead atoms. The van der Waals surface area contributed by atoms with Gasteiger partial charge in [-0.25, -0.2) is 4.98 Å². The Morgan fingerprint density at radius 2 is 2.44 bits per heavy atom. The van der Waals surface area contributed by atoms with Crippen LogP contribution in [0.4, 0.5) is 0 Å². The van der Waals surface area contributed by atoms with Crippen molar-refractivity contribution in [2.75, 3.05) is 6.54 Å². The summed E-state index contributed by atoms with van der Waals surface area (Å²) in [5, 5.41) is 12.4. The molecule has 3 nitrogen and oxygen atoms in total. The molecule has 4 heteroatoms. The molecule has 1 aliphatic carbocycles. The van der Waals surface area contributed by atoms with Gasteiger partial charge in [-0.15, -0.1) is 0 Å². The van der Waals surface area contributed by atoms with Gasteiger partial charge in [0.05, 0.1) is 5.56 Å². The molecule has 1 fully saturated rings. The van der Waals surface area contributed by atoms with E-state index >= 15 is 0 Å². The Balaban J connectivity index is 1.96. The Morgan fingerprint density at radius 3 is 3.00 bits per heavy atom. The summed E-state index contributed by atoms with van der Waals surface area (Å²) in [4.78, 5) is 4.20. The summed E-state index contributed by atoms with van der Waals surface area (Å²) in [6, 6.07) is 4.67. The zero-order chi connectivity index (χ0) is 11.1. The number of nitriles is 1. The van der Waals surface area contributed by atoms with Crippen LogP contribution in [0.3, 0.4) is 0 Å². The van der Waals surface area contributed by atoms with Crippen molar-refractivity contribution in [3.8, 4) is 6.07 Å². The first kappa shape index (κ1) is 10.0. The molecule has 2 aliphatic rings. The van der Waals surface area contributed by atoms with Crippen molar-refractivity contribution in [2.24, 2.45) is 5.92 Å². The number of hydrogen-bond acceptors (Lipinski definition) is 3. The highest BCUT2D eigenvalue weighted by molar-refractivity contribution is 9.10. The van der Waals surface area contributed by atoms with Crippen LogP contribution < -0.4 is 5.32 Å². The van der Waals surface area contributed by atoms with Crippen LogP contribution in [-0.2, 0) is 0 Å². The third-order valence-electron chi connectivity index (χ3n) is 3.32. The molecular formula is C12H10BrN3. The van der Waals surface area contributed by atoms with Gasteiger partial charge in [-0.05, 0) is 39.6 Å². The fraction of sp³-hybridized carbons (Fsp3) is 0.333. The van der Waals surface area contributed by atoms with E-state index in [1.165, 1.54) is 5.57 Å². The molecule has 0 spiro atoms. The molecule has 1 aliphatic heterocycles. The van der Waals surface area contributed by atoms with Crippen molar-refractivity contribution >= 4 is 21.5 Å². The van der Waals surface area contributed by atoms with E-state index in [1.54, 1.807) is 0 Å². The largest absolute Gasteiger partial charge is 0.312 e. The number of halogens is 1. The van der Waals surface area contributed by atoms with Gasteiger partial charge >= 0.3 is 0 Å². The summed E-state index contributed by atoms with van der Waals surface area (Å²) >= 11 is 3.27. The lowest BCUT2D eigenvalue weighted by Crippen LogP contribution is -2.49. The highest BCUT2D eigenvalue weighted by Gasteiger charge is 2.34. The Hall–Kier alpha value is -1.18. The van der Waals surface area contributed by atoms with Gasteiger partial charge in [0, 0.05) is 24.7 Å². The smallest absolute Gasteiger partial charge is 0.123 e. The number of nitrogens with zero attached hydrogens (tertiary/aromatic N) is 2. The van der Waals surface area contributed by atoms with E-state index in [-0.39, 0.29) is 0 Å². The Kier molecular flexibility index (Phi) is 2.31. The second-order valence-corrected chi connectivity index (χ2v) is 5.00. The van der Waals surface area contributed by atoms with Gasteiger partial charge in [0.25, 0.3) is 0 Å². The highest BCUT2D eigenvalue weighted by Crippen LogP contribution is 2.36. The number of fused-ring (bicyclic) bond motifs is 1. The van der Waals surface area contributed by atoms with Crippen LogP contribution in [-0.4, -0.2) is 17.6 Å². The quantitative estimate of drug-likeness (QED) is 0.799. The molecular weight excluding hydrogens is 266 g/mol. The number of nitrogens with one attached hydrogen (secondary N) is 1. The van der Waals surface area contributed by atoms with Crippen LogP contribution in [0.1, 0.15) is 17.5 Å². The van der Waals surface area contributed by atoms with Crippen LogP contribution in [0.25, 0.3) is 5.57 Å². The van der Waals surface area contributed by atoms with Gasteiger partial charge in [0.2, 0.25) is 0 Å². The van der Waals surface area contributed by atoms with Gasteiger partial charge in [-0.2, -0.15) is 5.26 Å². The van der Waals surface area contributed by atoms with Crippen LogP contribution in [0.15, 0.2) is 22.9 Å². The van der Waals surface area contributed by atoms with E-state index < -0.39 is 0 Å². The van der Waals surface area contributed by atoms with Crippen molar-refractivity contribution < 1.29 is 0 Å². The summed E-state index contributed by atoms with van der Waals surface area (Å²) in [5.41, 5.74) is 3.00. The van der Waals surface area contributed by atoms with Crippen LogP contribution >= 0.6 is 15.9 Å². The van der Waals surface area contributed by atoms with E-state index in [0.717, 1.165) is 18.5 Å². The van der Waals surface area contributed by atoms with Gasteiger partial charge in [0.15, 0.2) is 0 Å². The van der Waals surface area contributed by atoms with Crippen LogP contribution in [0.5, 0.6) is 0 Å². The van der Waals surface area contributed by atoms with Gasteiger partial charge in [-0.1, -0.05) is 6.08 Å². The minimum Gasteiger partial charge on any atom is -0.312 e. The maximum Gasteiger partial charge on any atom is 0.123 e. The lowest BCUT2D eigenvalue weighted by atomic mass is 9.95. The average molecular weight is 276 g/mol. The third kappa shape index (κ3) is 1.48. The fourth-order valence-corrected chi connectivity index (χ4v) is 2.60. The number of rotatable bonds is 1.